The Bertz CT molecular complexity index is 146. The third kappa shape index (κ3) is 1.05. The molecule has 4 nitrogen and oxygen atoms in total. The monoisotopic (exact) mass is 128 g/mol. The van der Waals surface area contributed by atoms with Crippen LogP contribution < -0.4 is 16.4 Å². The van der Waals surface area contributed by atoms with Gasteiger partial charge in [-0.25, -0.2) is 0 Å². The van der Waals surface area contributed by atoms with Crippen molar-refractivity contribution in [3.8, 4) is 5.40 Å². The van der Waals surface area contributed by atoms with Crippen LogP contribution >= 0.6 is 11.8 Å². The van der Waals surface area contributed by atoms with Gasteiger partial charge in [-0.15, -0.1) is 0 Å². The minimum Gasteiger partial charge on any atom is -0.309 e. The third-order valence-corrected chi connectivity index (χ3v) is 1.15. The first kappa shape index (κ1) is 5.28. The van der Waals surface area contributed by atoms with Gasteiger partial charge in [0.2, 0.25) is 0 Å². The van der Waals surface area contributed by atoms with E-state index in [2.05, 4.69) is 16.4 Å². The maximum atomic E-state index is 8.10. The molecule has 0 fully saturated rings. The van der Waals surface area contributed by atoms with Crippen LogP contribution in [0.4, 0.5) is 0 Å². The van der Waals surface area contributed by atoms with Gasteiger partial charge in [-0.05, 0) is 0 Å². The Labute approximate surface area is 50.9 Å². The molecule has 5 heteroatoms. The Morgan fingerprint density at radius 1 is 1.75 bits per heavy atom. The topological polar surface area (TPSA) is 59.9 Å². The lowest BCUT2D eigenvalue weighted by Crippen LogP contribution is -2.30. The van der Waals surface area contributed by atoms with Gasteiger partial charge in [0.15, 0.2) is 0 Å². The van der Waals surface area contributed by atoms with E-state index in [1.807, 2.05) is 5.40 Å². The molecule has 0 unspecified atom stereocenters. The van der Waals surface area contributed by atoms with Crippen LogP contribution in [-0.2, 0) is 0 Å². The Balaban J connectivity index is 2.36. The van der Waals surface area contributed by atoms with Crippen LogP contribution in [0.3, 0.4) is 0 Å². The minimum atomic E-state index is 0.785. The van der Waals surface area contributed by atoms with Gasteiger partial charge >= 0.3 is 0 Å². The Morgan fingerprint density at radius 3 is 3.12 bits per heavy atom. The van der Waals surface area contributed by atoms with E-state index in [0.717, 1.165) is 16.8 Å². The summed E-state index contributed by atoms with van der Waals surface area (Å²) in [5, 5.41) is 10.8. The molecule has 0 saturated heterocycles. The zero-order valence-corrected chi connectivity index (χ0v) is 4.75. The minimum absolute atomic E-state index is 0.785. The maximum absolute atomic E-state index is 8.10. The highest BCUT2D eigenvalue weighted by molar-refractivity contribution is 8.07. The molecule has 0 aromatic carbocycles. The number of rotatable bonds is 1. The molecule has 42 valence electrons. The maximum Gasteiger partial charge on any atom is 0.140 e. The SMILES string of the molecule is N#CSC1=CNNN1. The highest BCUT2D eigenvalue weighted by Gasteiger charge is 1.99. The van der Waals surface area contributed by atoms with Crippen molar-refractivity contribution in [2.45, 2.75) is 0 Å². The van der Waals surface area contributed by atoms with E-state index in [9.17, 15) is 0 Å². The smallest absolute Gasteiger partial charge is 0.140 e. The second-order valence-electron chi connectivity index (χ2n) is 1.10. The molecule has 0 spiro atoms. The molecule has 1 rings (SSSR count). The molecule has 3 N–H and O–H groups in total. The summed E-state index contributed by atoms with van der Waals surface area (Å²) >= 11 is 1.07. The highest BCUT2D eigenvalue weighted by Crippen LogP contribution is 2.08. The summed E-state index contributed by atoms with van der Waals surface area (Å²) in [6.45, 7) is 0. The van der Waals surface area contributed by atoms with Crippen molar-refractivity contribution >= 4 is 11.8 Å². The standard InChI is InChI=1S/C3H4N4S/c4-2-8-3-1-5-7-6-3/h1,5-7H. The summed E-state index contributed by atoms with van der Waals surface area (Å²) in [6.07, 6.45) is 1.67. The van der Waals surface area contributed by atoms with Gasteiger partial charge in [-0.1, -0.05) is 0 Å². The number of nitrogens with one attached hydrogen (secondary N) is 3. The van der Waals surface area contributed by atoms with Crippen molar-refractivity contribution in [1.82, 2.24) is 16.4 Å². The van der Waals surface area contributed by atoms with E-state index < -0.39 is 0 Å². The molecule has 0 aliphatic carbocycles. The van der Waals surface area contributed by atoms with Crippen molar-refractivity contribution in [2.24, 2.45) is 0 Å². The molecule has 0 amide bonds. The Hall–Kier alpha value is -0.860. The van der Waals surface area contributed by atoms with E-state index in [-0.39, 0.29) is 0 Å². The summed E-state index contributed by atoms with van der Waals surface area (Å²) in [5.74, 6) is 0. The Kier molecular flexibility index (Phi) is 1.62. The molecular weight excluding hydrogens is 124 g/mol. The quantitative estimate of drug-likeness (QED) is 0.420. The molecule has 0 aromatic rings. The summed E-state index contributed by atoms with van der Waals surface area (Å²) in [7, 11) is 0. The lowest BCUT2D eigenvalue weighted by Gasteiger charge is -1.92. The van der Waals surface area contributed by atoms with Crippen molar-refractivity contribution in [1.29, 1.82) is 5.26 Å². The molecule has 0 atom stereocenters. The first-order valence-corrected chi connectivity index (χ1v) is 2.78. The lowest BCUT2D eigenvalue weighted by atomic mass is 11.0. The van der Waals surface area contributed by atoms with Crippen molar-refractivity contribution in [2.75, 3.05) is 0 Å². The fraction of sp³-hybridized carbons (Fsp3) is 0. The van der Waals surface area contributed by atoms with E-state index >= 15 is 0 Å². The molecule has 1 heterocycles. The molecule has 0 radical (unpaired) electrons. The Morgan fingerprint density at radius 2 is 2.62 bits per heavy atom. The van der Waals surface area contributed by atoms with Gasteiger partial charge in [-0.2, -0.15) is 10.8 Å². The van der Waals surface area contributed by atoms with E-state index in [1.54, 1.807) is 6.20 Å². The summed E-state index contributed by atoms with van der Waals surface area (Å²) in [5.41, 5.74) is 7.95. The molecule has 0 saturated carbocycles. The van der Waals surface area contributed by atoms with Crippen molar-refractivity contribution in [3.05, 3.63) is 11.2 Å². The van der Waals surface area contributed by atoms with Gasteiger partial charge in [0.25, 0.3) is 0 Å². The number of hydrogen-bond donors (Lipinski definition) is 3. The van der Waals surface area contributed by atoms with E-state index in [4.69, 9.17) is 5.26 Å². The molecule has 0 aromatic heterocycles. The second kappa shape index (κ2) is 2.45. The number of nitrogens with zero attached hydrogens (tertiary/aromatic N) is 1. The molecule has 8 heavy (non-hydrogen) atoms. The van der Waals surface area contributed by atoms with E-state index in [0.29, 0.717) is 0 Å². The lowest BCUT2D eigenvalue weighted by molar-refractivity contribution is 0.611. The number of nitriles is 1. The van der Waals surface area contributed by atoms with Crippen LogP contribution in [0.2, 0.25) is 0 Å². The molecule has 0 bridgehead atoms. The largest absolute Gasteiger partial charge is 0.309 e. The van der Waals surface area contributed by atoms with Crippen LogP contribution in [-0.4, -0.2) is 0 Å². The molecule has 1 aliphatic rings. The third-order valence-electron chi connectivity index (χ3n) is 0.617. The van der Waals surface area contributed by atoms with Crippen LogP contribution in [0.5, 0.6) is 0 Å². The van der Waals surface area contributed by atoms with Crippen LogP contribution in [0, 0.1) is 10.7 Å². The van der Waals surface area contributed by atoms with E-state index in [1.165, 1.54) is 0 Å². The average Bonchev–Trinajstić information content (AvgIpc) is 2.19. The first-order chi connectivity index (χ1) is 3.93. The predicted molar refractivity (Wildman–Crippen MR) is 30.7 cm³/mol. The first-order valence-electron chi connectivity index (χ1n) is 1.96. The molecular formula is C3H4N4S. The fourth-order valence-corrected chi connectivity index (χ4v) is 0.658. The normalized spacial score (nSPS) is 15.6. The number of hydrogen-bond acceptors (Lipinski definition) is 5. The van der Waals surface area contributed by atoms with Crippen LogP contribution in [0.15, 0.2) is 11.2 Å². The number of thioether (sulfide) groups is 1. The summed E-state index contributed by atoms with van der Waals surface area (Å²) in [6, 6.07) is 0. The second-order valence-corrected chi connectivity index (χ2v) is 1.92. The van der Waals surface area contributed by atoms with Gasteiger partial charge in [0.1, 0.15) is 10.4 Å². The van der Waals surface area contributed by atoms with Gasteiger partial charge in [-0.3, -0.25) is 5.43 Å². The zero-order valence-electron chi connectivity index (χ0n) is 3.93. The van der Waals surface area contributed by atoms with Gasteiger partial charge in [0.05, 0.1) is 0 Å². The fourth-order valence-electron chi connectivity index (χ4n) is 0.340. The van der Waals surface area contributed by atoms with Gasteiger partial charge in [0, 0.05) is 18.0 Å². The average molecular weight is 128 g/mol. The van der Waals surface area contributed by atoms with Crippen molar-refractivity contribution < 1.29 is 0 Å². The summed E-state index contributed by atoms with van der Waals surface area (Å²) < 4.78 is 0. The highest BCUT2D eigenvalue weighted by atomic mass is 32.2. The summed E-state index contributed by atoms with van der Waals surface area (Å²) in [4.78, 5) is 0. The number of thiocyanates is 1. The van der Waals surface area contributed by atoms with Crippen LogP contribution in [0.25, 0.3) is 0 Å². The van der Waals surface area contributed by atoms with Gasteiger partial charge < -0.3 is 5.43 Å². The van der Waals surface area contributed by atoms with Crippen LogP contribution in [0.1, 0.15) is 0 Å². The molecule has 1 aliphatic heterocycles. The zero-order chi connectivity index (χ0) is 5.82. The van der Waals surface area contributed by atoms with Crippen molar-refractivity contribution in [3.63, 3.8) is 0 Å². The number of hydrazine groups is 2. The predicted octanol–water partition coefficient (Wildman–Crippen LogP) is -0.388.